The Hall–Kier alpha value is -2.57. The SMILES string of the molecule is Cc1ccc2c(c1)NC(=O)C(C)(C(=O)NCC(N)=O)O2. The van der Waals surface area contributed by atoms with E-state index in [1.54, 1.807) is 18.2 Å². The zero-order valence-corrected chi connectivity index (χ0v) is 11.1. The molecule has 1 heterocycles. The quantitative estimate of drug-likeness (QED) is 0.658. The Balaban J connectivity index is 2.25. The van der Waals surface area contributed by atoms with Crippen molar-refractivity contribution in [2.24, 2.45) is 5.73 Å². The number of primary amides is 1. The largest absolute Gasteiger partial charge is 0.466 e. The standard InChI is InChI=1S/C13H15N3O4/c1-7-3-4-9-8(5-7)16-12(19)13(2,20-9)11(18)15-6-10(14)17/h3-5H,6H2,1-2H3,(H2,14,17)(H,15,18)(H,16,19). The third-order valence-electron chi connectivity index (χ3n) is 2.99. The summed E-state index contributed by atoms with van der Waals surface area (Å²) in [7, 11) is 0. The van der Waals surface area contributed by atoms with Crippen LogP contribution < -0.4 is 21.1 Å². The molecule has 1 aromatic rings. The molecule has 4 N–H and O–H groups in total. The number of amides is 3. The van der Waals surface area contributed by atoms with Crippen molar-refractivity contribution < 1.29 is 19.1 Å². The summed E-state index contributed by atoms with van der Waals surface area (Å²) in [6.07, 6.45) is 0. The topological polar surface area (TPSA) is 111 Å². The number of fused-ring (bicyclic) bond motifs is 1. The van der Waals surface area contributed by atoms with Crippen LogP contribution in [0.25, 0.3) is 0 Å². The van der Waals surface area contributed by atoms with Gasteiger partial charge in [0, 0.05) is 0 Å². The molecule has 1 aliphatic rings. The first-order valence-electron chi connectivity index (χ1n) is 6.00. The van der Waals surface area contributed by atoms with Crippen molar-refractivity contribution in [2.75, 3.05) is 11.9 Å². The number of aryl methyl sites for hydroxylation is 1. The van der Waals surface area contributed by atoms with Crippen LogP contribution in [0.5, 0.6) is 5.75 Å². The molecule has 2 rings (SSSR count). The first-order valence-corrected chi connectivity index (χ1v) is 6.00. The molecular formula is C13H15N3O4. The lowest BCUT2D eigenvalue weighted by atomic mass is 10.0. The molecule has 1 aromatic carbocycles. The van der Waals surface area contributed by atoms with Crippen LogP contribution in [0.4, 0.5) is 5.69 Å². The Morgan fingerprint density at radius 3 is 2.80 bits per heavy atom. The number of hydrogen-bond donors (Lipinski definition) is 3. The fourth-order valence-corrected chi connectivity index (χ4v) is 1.82. The number of nitrogens with one attached hydrogen (secondary N) is 2. The predicted molar refractivity (Wildman–Crippen MR) is 71.0 cm³/mol. The number of benzene rings is 1. The third kappa shape index (κ3) is 2.42. The molecule has 0 radical (unpaired) electrons. The van der Waals surface area contributed by atoms with Gasteiger partial charge in [0.05, 0.1) is 12.2 Å². The van der Waals surface area contributed by atoms with Gasteiger partial charge >= 0.3 is 0 Å². The molecule has 1 unspecified atom stereocenters. The third-order valence-corrected chi connectivity index (χ3v) is 2.99. The lowest BCUT2D eigenvalue weighted by Crippen LogP contribution is -2.59. The summed E-state index contributed by atoms with van der Waals surface area (Å²) in [5.41, 5.74) is 4.67. The minimum Gasteiger partial charge on any atom is -0.466 e. The van der Waals surface area contributed by atoms with Gasteiger partial charge in [-0.25, -0.2) is 0 Å². The van der Waals surface area contributed by atoms with Crippen molar-refractivity contribution in [1.29, 1.82) is 0 Å². The zero-order chi connectivity index (χ0) is 14.9. The number of anilines is 1. The molecule has 20 heavy (non-hydrogen) atoms. The van der Waals surface area contributed by atoms with Crippen molar-refractivity contribution >= 4 is 23.4 Å². The summed E-state index contributed by atoms with van der Waals surface area (Å²) in [5, 5.41) is 4.88. The summed E-state index contributed by atoms with van der Waals surface area (Å²) in [4.78, 5) is 34.7. The minimum absolute atomic E-state index is 0.355. The van der Waals surface area contributed by atoms with Crippen molar-refractivity contribution in [3.63, 3.8) is 0 Å². The zero-order valence-electron chi connectivity index (χ0n) is 11.1. The van der Waals surface area contributed by atoms with Crippen molar-refractivity contribution in [2.45, 2.75) is 19.4 Å². The van der Waals surface area contributed by atoms with E-state index in [-0.39, 0.29) is 6.54 Å². The maximum absolute atomic E-state index is 12.1. The summed E-state index contributed by atoms with van der Waals surface area (Å²) in [5.74, 6) is -1.63. The van der Waals surface area contributed by atoms with Crippen molar-refractivity contribution in [3.05, 3.63) is 23.8 Å². The van der Waals surface area contributed by atoms with Gasteiger partial charge in [-0.05, 0) is 31.5 Å². The second kappa shape index (κ2) is 4.84. The number of hydrogen-bond acceptors (Lipinski definition) is 4. The van der Waals surface area contributed by atoms with Gasteiger partial charge in [-0.15, -0.1) is 0 Å². The Labute approximate surface area is 115 Å². The number of ether oxygens (including phenoxy) is 1. The molecule has 0 aromatic heterocycles. The molecule has 0 aliphatic carbocycles. The number of carbonyl (C=O) groups is 3. The van der Waals surface area contributed by atoms with Gasteiger partial charge in [-0.2, -0.15) is 0 Å². The number of nitrogens with two attached hydrogens (primary N) is 1. The molecule has 0 bridgehead atoms. The summed E-state index contributed by atoms with van der Waals surface area (Å²) in [6, 6.07) is 5.22. The molecule has 106 valence electrons. The van der Waals surface area contributed by atoms with Crippen LogP contribution in [0.1, 0.15) is 12.5 Å². The first-order chi connectivity index (χ1) is 9.33. The fraction of sp³-hybridized carbons (Fsp3) is 0.308. The monoisotopic (exact) mass is 277 g/mol. The molecule has 7 heteroatoms. The summed E-state index contributed by atoms with van der Waals surface area (Å²) < 4.78 is 5.50. The van der Waals surface area contributed by atoms with Gasteiger partial charge in [0.25, 0.3) is 17.4 Å². The molecule has 0 saturated carbocycles. The average Bonchev–Trinajstić information content (AvgIpc) is 2.37. The molecule has 1 atom stereocenters. The van der Waals surface area contributed by atoms with E-state index >= 15 is 0 Å². The van der Waals surface area contributed by atoms with Crippen LogP contribution in [0, 0.1) is 6.92 Å². The first kappa shape index (κ1) is 13.9. The molecular weight excluding hydrogens is 262 g/mol. The second-order valence-corrected chi connectivity index (χ2v) is 4.74. The lowest BCUT2D eigenvalue weighted by Gasteiger charge is -2.33. The van der Waals surface area contributed by atoms with Gasteiger partial charge in [0.2, 0.25) is 5.91 Å². The van der Waals surface area contributed by atoms with E-state index in [1.165, 1.54) is 6.92 Å². The highest BCUT2D eigenvalue weighted by Gasteiger charge is 2.47. The van der Waals surface area contributed by atoms with Crippen molar-refractivity contribution in [1.82, 2.24) is 5.32 Å². The van der Waals surface area contributed by atoms with Crippen LogP contribution in [-0.4, -0.2) is 29.9 Å². The number of rotatable bonds is 3. The molecule has 0 fully saturated rings. The molecule has 0 saturated heterocycles. The van der Waals surface area contributed by atoms with Crippen LogP contribution in [0.3, 0.4) is 0 Å². The minimum atomic E-state index is -1.74. The highest BCUT2D eigenvalue weighted by atomic mass is 16.5. The van der Waals surface area contributed by atoms with Crippen molar-refractivity contribution in [3.8, 4) is 5.75 Å². The van der Waals surface area contributed by atoms with Gasteiger partial charge in [-0.3, -0.25) is 14.4 Å². The maximum atomic E-state index is 12.1. The molecule has 0 spiro atoms. The maximum Gasteiger partial charge on any atom is 0.278 e. The van der Waals surface area contributed by atoms with E-state index in [9.17, 15) is 14.4 Å². The van der Waals surface area contributed by atoms with E-state index in [2.05, 4.69) is 10.6 Å². The molecule has 7 nitrogen and oxygen atoms in total. The lowest BCUT2D eigenvalue weighted by molar-refractivity contribution is -0.147. The molecule has 3 amide bonds. The summed E-state index contributed by atoms with van der Waals surface area (Å²) in [6.45, 7) is 2.85. The normalized spacial score (nSPS) is 20.4. The predicted octanol–water partition coefficient (Wildman–Crippen LogP) is -0.314. The van der Waals surface area contributed by atoms with E-state index in [0.717, 1.165) is 5.56 Å². The fourth-order valence-electron chi connectivity index (χ4n) is 1.82. The second-order valence-electron chi connectivity index (χ2n) is 4.74. The highest BCUT2D eigenvalue weighted by molar-refractivity contribution is 6.15. The van der Waals surface area contributed by atoms with Crippen LogP contribution in [0.15, 0.2) is 18.2 Å². The van der Waals surface area contributed by atoms with Crippen LogP contribution >= 0.6 is 0 Å². The van der Waals surface area contributed by atoms with Gasteiger partial charge < -0.3 is 21.1 Å². The number of carbonyl (C=O) groups excluding carboxylic acids is 3. The van der Waals surface area contributed by atoms with Gasteiger partial charge in [0.1, 0.15) is 5.75 Å². The average molecular weight is 277 g/mol. The van der Waals surface area contributed by atoms with E-state index in [4.69, 9.17) is 10.5 Å². The van der Waals surface area contributed by atoms with Crippen LogP contribution in [-0.2, 0) is 14.4 Å². The Bertz CT molecular complexity index is 599. The van der Waals surface area contributed by atoms with E-state index in [0.29, 0.717) is 11.4 Å². The smallest absolute Gasteiger partial charge is 0.278 e. The van der Waals surface area contributed by atoms with Crippen LogP contribution in [0.2, 0.25) is 0 Å². The van der Waals surface area contributed by atoms with Gasteiger partial charge in [-0.1, -0.05) is 6.07 Å². The van der Waals surface area contributed by atoms with E-state index in [1.807, 2.05) is 6.92 Å². The Kier molecular flexibility index (Phi) is 3.35. The molecule has 1 aliphatic heterocycles. The summed E-state index contributed by atoms with van der Waals surface area (Å²) >= 11 is 0. The van der Waals surface area contributed by atoms with E-state index < -0.39 is 23.3 Å². The Morgan fingerprint density at radius 2 is 2.15 bits per heavy atom. The Morgan fingerprint density at radius 1 is 1.45 bits per heavy atom. The van der Waals surface area contributed by atoms with Gasteiger partial charge in [0.15, 0.2) is 0 Å². The highest BCUT2D eigenvalue weighted by Crippen LogP contribution is 2.34.